The Balaban J connectivity index is 0.999. The molecule has 0 atom stereocenters. The minimum Gasteiger partial charge on any atom is -0.355 e. The second kappa shape index (κ2) is 15.9. The van der Waals surface area contributed by atoms with Crippen molar-refractivity contribution in [2.24, 2.45) is 0 Å². The summed E-state index contributed by atoms with van der Waals surface area (Å²) in [6.45, 7) is 0. The molecule has 9 rings (SSSR count). The molecule has 266 valence electrons. The number of hydrogen-bond donors (Lipinski definition) is 1. The zero-order valence-electron chi connectivity index (χ0n) is 31.0. The first-order chi connectivity index (χ1) is 27.7. The lowest BCUT2D eigenvalue weighted by Crippen LogP contribution is -2.09. The number of benzene rings is 9. The van der Waals surface area contributed by atoms with Crippen LogP contribution in [0.1, 0.15) is 0 Å². The van der Waals surface area contributed by atoms with Gasteiger partial charge in [0.1, 0.15) is 0 Å². The third-order valence-electron chi connectivity index (χ3n) is 10.3. The van der Waals surface area contributed by atoms with E-state index >= 15 is 0 Å². The summed E-state index contributed by atoms with van der Waals surface area (Å²) in [4.78, 5) is 2.33. The van der Waals surface area contributed by atoms with Crippen LogP contribution in [0, 0.1) is 0 Å². The number of anilines is 5. The highest BCUT2D eigenvalue weighted by molar-refractivity contribution is 5.86. The predicted molar refractivity (Wildman–Crippen MR) is 238 cm³/mol. The molecule has 0 saturated carbocycles. The Morgan fingerprint density at radius 1 is 0.250 bits per heavy atom. The maximum Gasteiger partial charge on any atom is 0.0470 e. The Bertz CT molecular complexity index is 2550. The number of hydrogen-bond acceptors (Lipinski definition) is 2. The molecule has 0 saturated heterocycles. The van der Waals surface area contributed by atoms with Gasteiger partial charge < -0.3 is 10.2 Å². The summed E-state index contributed by atoms with van der Waals surface area (Å²) >= 11 is 0. The van der Waals surface area contributed by atoms with Gasteiger partial charge in [-0.25, -0.2) is 0 Å². The van der Waals surface area contributed by atoms with E-state index in [9.17, 15) is 0 Å². The van der Waals surface area contributed by atoms with Gasteiger partial charge in [0, 0.05) is 34.0 Å². The molecule has 9 aromatic rings. The van der Waals surface area contributed by atoms with Crippen molar-refractivity contribution >= 4 is 28.4 Å². The monoisotopic (exact) mass is 716 g/mol. The molecule has 0 amide bonds. The van der Waals surface area contributed by atoms with Gasteiger partial charge in [-0.15, -0.1) is 0 Å². The normalized spacial score (nSPS) is 10.9. The third kappa shape index (κ3) is 7.50. The average Bonchev–Trinajstić information content (AvgIpc) is 3.29. The fraction of sp³-hybridized carbons (Fsp3) is 0. The van der Waals surface area contributed by atoms with Gasteiger partial charge in [-0.05, 0) is 105 Å². The van der Waals surface area contributed by atoms with E-state index in [4.69, 9.17) is 0 Å². The molecule has 0 aromatic heterocycles. The standard InChI is InChI=1S/C54H40N2/c1-5-13-40(14-6-1)44-23-32-50(33-24-44)56(51-34-25-45(26-35-51)41-15-7-2-8-16-41)52-36-27-46(28-37-52)43-21-30-49(31-22-43)55-54-39-48(42-17-9-3-10-18-42)29-38-53(54)47-19-11-4-12-20-47/h1-39,55H. The van der Waals surface area contributed by atoms with Crippen molar-refractivity contribution in [3.05, 3.63) is 237 Å². The van der Waals surface area contributed by atoms with Crippen LogP contribution in [0.25, 0.3) is 55.6 Å². The van der Waals surface area contributed by atoms with Crippen LogP contribution < -0.4 is 10.2 Å². The molecule has 2 heteroatoms. The fourth-order valence-corrected chi connectivity index (χ4v) is 7.35. The molecule has 1 N–H and O–H groups in total. The third-order valence-corrected chi connectivity index (χ3v) is 10.3. The van der Waals surface area contributed by atoms with Gasteiger partial charge in [-0.1, -0.05) is 182 Å². The van der Waals surface area contributed by atoms with Crippen molar-refractivity contribution in [3.8, 4) is 55.6 Å². The SMILES string of the molecule is c1ccc(-c2ccc(N(c3ccc(-c4ccccc4)cc3)c3ccc(-c4ccc(Nc5cc(-c6ccccc6)ccc5-c5ccccc5)cc4)cc3)cc2)cc1. The molecule has 2 nitrogen and oxygen atoms in total. The fourth-order valence-electron chi connectivity index (χ4n) is 7.35. The zero-order valence-corrected chi connectivity index (χ0v) is 31.0. The summed E-state index contributed by atoms with van der Waals surface area (Å²) in [5, 5.41) is 3.74. The Hall–Kier alpha value is -7.42. The van der Waals surface area contributed by atoms with Crippen LogP contribution in [0.4, 0.5) is 28.4 Å². The summed E-state index contributed by atoms with van der Waals surface area (Å²) in [6.07, 6.45) is 0. The Morgan fingerprint density at radius 2 is 0.554 bits per heavy atom. The van der Waals surface area contributed by atoms with Gasteiger partial charge in [-0.2, -0.15) is 0 Å². The lowest BCUT2D eigenvalue weighted by molar-refractivity contribution is 1.28. The molecule has 0 aliphatic carbocycles. The summed E-state index contributed by atoms with van der Waals surface area (Å²) in [5.41, 5.74) is 17.3. The largest absolute Gasteiger partial charge is 0.355 e. The van der Waals surface area contributed by atoms with E-state index in [1.165, 1.54) is 44.5 Å². The molecule has 0 spiro atoms. The van der Waals surface area contributed by atoms with Crippen molar-refractivity contribution in [1.29, 1.82) is 0 Å². The van der Waals surface area contributed by atoms with Crippen molar-refractivity contribution in [2.45, 2.75) is 0 Å². The maximum atomic E-state index is 3.74. The summed E-state index contributed by atoms with van der Waals surface area (Å²) < 4.78 is 0. The Morgan fingerprint density at radius 3 is 0.946 bits per heavy atom. The van der Waals surface area contributed by atoms with Gasteiger partial charge in [0.25, 0.3) is 0 Å². The Kier molecular flexibility index (Phi) is 9.75. The van der Waals surface area contributed by atoms with Crippen LogP contribution >= 0.6 is 0 Å². The van der Waals surface area contributed by atoms with Gasteiger partial charge in [0.15, 0.2) is 0 Å². The predicted octanol–water partition coefficient (Wildman–Crippen LogP) is 15.2. The lowest BCUT2D eigenvalue weighted by Gasteiger charge is -2.26. The first-order valence-corrected chi connectivity index (χ1v) is 19.1. The van der Waals surface area contributed by atoms with Crippen LogP contribution in [-0.2, 0) is 0 Å². The van der Waals surface area contributed by atoms with E-state index in [1.807, 2.05) is 0 Å². The van der Waals surface area contributed by atoms with Gasteiger partial charge >= 0.3 is 0 Å². The van der Waals surface area contributed by atoms with Crippen molar-refractivity contribution in [2.75, 3.05) is 10.2 Å². The molecular formula is C54H40N2. The minimum absolute atomic E-state index is 1.04. The molecule has 0 fully saturated rings. The van der Waals surface area contributed by atoms with Crippen molar-refractivity contribution in [3.63, 3.8) is 0 Å². The van der Waals surface area contributed by atoms with E-state index in [2.05, 4.69) is 247 Å². The molecular weight excluding hydrogens is 677 g/mol. The van der Waals surface area contributed by atoms with E-state index < -0.39 is 0 Å². The van der Waals surface area contributed by atoms with Crippen LogP contribution in [0.3, 0.4) is 0 Å². The molecule has 0 radical (unpaired) electrons. The summed E-state index contributed by atoms with van der Waals surface area (Å²) in [7, 11) is 0. The molecule has 0 unspecified atom stereocenters. The molecule has 0 aliphatic heterocycles. The highest BCUT2D eigenvalue weighted by atomic mass is 15.1. The van der Waals surface area contributed by atoms with Gasteiger partial charge in [-0.3, -0.25) is 0 Å². The Labute approximate surface area is 329 Å². The highest BCUT2D eigenvalue weighted by Crippen LogP contribution is 2.39. The van der Waals surface area contributed by atoms with E-state index in [-0.39, 0.29) is 0 Å². The molecule has 0 heterocycles. The van der Waals surface area contributed by atoms with E-state index in [1.54, 1.807) is 0 Å². The summed E-state index contributed by atoms with van der Waals surface area (Å²) in [5.74, 6) is 0. The molecule has 0 aliphatic rings. The van der Waals surface area contributed by atoms with E-state index in [0.717, 1.165) is 39.6 Å². The number of nitrogens with one attached hydrogen (secondary N) is 1. The zero-order chi connectivity index (χ0) is 37.5. The number of nitrogens with zero attached hydrogens (tertiary/aromatic N) is 1. The van der Waals surface area contributed by atoms with Crippen LogP contribution in [-0.4, -0.2) is 0 Å². The van der Waals surface area contributed by atoms with Crippen molar-refractivity contribution in [1.82, 2.24) is 0 Å². The second-order valence-corrected chi connectivity index (χ2v) is 13.9. The highest BCUT2D eigenvalue weighted by Gasteiger charge is 2.14. The van der Waals surface area contributed by atoms with Crippen LogP contribution in [0.15, 0.2) is 237 Å². The number of rotatable bonds is 10. The maximum absolute atomic E-state index is 3.74. The molecule has 56 heavy (non-hydrogen) atoms. The molecule has 0 bridgehead atoms. The second-order valence-electron chi connectivity index (χ2n) is 13.9. The van der Waals surface area contributed by atoms with Crippen molar-refractivity contribution < 1.29 is 0 Å². The van der Waals surface area contributed by atoms with Crippen LogP contribution in [0.2, 0.25) is 0 Å². The first kappa shape index (κ1) is 34.4. The minimum atomic E-state index is 1.04. The quantitative estimate of drug-likeness (QED) is 0.152. The average molecular weight is 717 g/mol. The molecule has 9 aromatic carbocycles. The topological polar surface area (TPSA) is 15.3 Å². The van der Waals surface area contributed by atoms with Gasteiger partial charge in [0.05, 0.1) is 0 Å². The first-order valence-electron chi connectivity index (χ1n) is 19.1. The van der Waals surface area contributed by atoms with E-state index in [0.29, 0.717) is 0 Å². The summed E-state index contributed by atoms with van der Waals surface area (Å²) in [6, 6.07) is 84.2. The smallest absolute Gasteiger partial charge is 0.0470 e. The van der Waals surface area contributed by atoms with Crippen LogP contribution in [0.5, 0.6) is 0 Å². The van der Waals surface area contributed by atoms with Gasteiger partial charge in [0.2, 0.25) is 0 Å². The lowest BCUT2D eigenvalue weighted by atomic mass is 9.98.